The smallest absolute Gasteiger partial charge is 0.194 e. The van der Waals surface area contributed by atoms with E-state index in [1.807, 2.05) is 13.0 Å². The van der Waals surface area contributed by atoms with Gasteiger partial charge in [-0.1, -0.05) is 12.1 Å². The summed E-state index contributed by atoms with van der Waals surface area (Å²) in [6.45, 7) is 1.94. The first-order valence-corrected chi connectivity index (χ1v) is 6.56. The van der Waals surface area contributed by atoms with Crippen molar-refractivity contribution in [2.45, 2.75) is 6.92 Å². The van der Waals surface area contributed by atoms with Gasteiger partial charge in [-0.2, -0.15) is 0 Å². The second-order valence-corrected chi connectivity index (χ2v) is 5.11. The zero-order chi connectivity index (χ0) is 14.0. The first kappa shape index (κ1) is 13.6. The van der Waals surface area contributed by atoms with Gasteiger partial charge in [0.2, 0.25) is 0 Å². The van der Waals surface area contributed by atoms with Crippen LogP contribution >= 0.6 is 15.9 Å². The first-order valence-electron chi connectivity index (χ1n) is 5.77. The number of ether oxygens (including phenoxy) is 1. The van der Waals surface area contributed by atoms with E-state index in [0.717, 1.165) is 5.56 Å². The van der Waals surface area contributed by atoms with Gasteiger partial charge in [-0.25, -0.2) is 0 Å². The van der Waals surface area contributed by atoms with E-state index >= 15 is 0 Å². The van der Waals surface area contributed by atoms with Gasteiger partial charge >= 0.3 is 0 Å². The molecular formula is C15H14BrNO2. The summed E-state index contributed by atoms with van der Waals surface area (Å²) in [7, 11) is 1.59. The van der Waals surface area contributed by atoms with Crippen LogP contribution in [0.3, 0.4) is 0 Å². The maximum atomic E-state index is 12.4. The minimum Gasteiger partial charge on any atom is -0.496 e. The van der Waals surface area contributed by atoms with E-state index in [4.69, 9.17) is 10.5 Å². The Labute approximate surface area is 120 Å². The van der Waals surface area contributed by atoms with Crippen LogP contribution in [-0.4, -0.2) is 12.9 Å². The van der Waals surface area contributed by atoms with Crippen LogP contribution in [0.1, 0.15) is 21.5 Å². The number of nitrogens with two attached hydrogens (primary N) is 1. The molecule has 2 aromatic rings. The van der Waals surface area contributed by atoms with E-state index in [9.17, 15) is 4.79 Å². The van der Waals surface area contributed by atoms with Gasteiger partial charge in [0, 0.05) is 21.3 Å². The van der Waals surface area contributed by atoms with Gasteiger partial charge in [-0.3, -0.25) is 4.79 Å². The number of hydrogen-bond acceptors (Lipinski definition) is 3. The van der Waals surface area contributed by atoms with Gasteiger partial charge in [0.1, 0.15) is 5.75 Å². The molecular weight excluding hydrogens is 306 g/mol. The molecule has 2 rings (SSSR count). The molecule has 0 radical (unpaired) electrons. The number of rotatable bonds is 3. The van der Waals surface area contributed by atoms with Crippen LogP contribution in [0.5, 0.6) is 5.75 Å². The average molecular weight is 320 g/mol. The molecule has 3 nitrogen and oxygen atoms in total. The number of hydrogen-bond donors (Lipinski definition) is 1. The third-order valence-electron chi connectivity index (χ3n) is 2.91. The molecule has 0 fully saturated rings. The minimum absolute atomic E-state index is 0.0647. The summed E-state index contributed by atoms with van der Waals surface area (Å²) in [5, 5.41) is 0. The number of benzene rings is 2. The molecule has 4 heteroatoms. The number of anilines is 1. The quantitative estimate of drug-likeness (QED) is 0.695. The molecule has 2 aromatic carbocycles. The van der Waals surface area contributed by atoms with E-state index < -0.39 is 0 Å². The zero-order valence-electron chi connectivity index (χ0n) is 10.7. The van der Waals surface area contributed by atoms with Crippen LogP contribution in [0, 0.1) is 6.92 Å². The molecule has 19 heavy (non-hydrogen) atoms. The number of halogens is 1. The Balaban J connectivity index is 2.44. The summed E-state index contributed by atoms with van der Waals surface area (Å²) < 4.78 is 5.93. The van der Waals surface area contributed by atoms with Gasteiger partial charge in [-0.05, 0) is 52.7 Å². The number of nitrogen functional groups attached to an aromatic ring is 1. The highest BCUT2D eigenvalue weighted by Gasteiger charge is 2.14. The Kier molecular flexibility index (Phi) is 3.90. The maximum absolute atomic E-state index is 12.4. The molecule has 0 aliphatic carbocycles. The summed E-state index contributed by atoms with van der Waals surface area (Å²) in [6.07, 6.45) is 0. The number of carbonyl (C=O) groups excluding carboxylic acids is 1. The molecule has 0 aliphatic heterocycles. The predicted octanol–water partition coefficient (Wildman–Crippen LogP) is 3.58. The summed E-state index contributed by atoms with van der Waals surface area (Å²) >= 11 is 3.36. The number of methoxy groups -OCH3 is 1. The molecule has 0 heterocycles. The zero-order valence-corrected chi connectivity index (χ0v) is 12.3. The molecule has 0 bridgehead atoms. The van der Waals surface area contributed by atoms with Gasteiger partial charge in [-0.15, -0.1) is 0 Å². The van der Waals surface area contributed by atoms with Crippen molar-refractivity contribution in [2.24, 2.45) is 0 Å². The van der Waals surface area contributed by atoms with E-state index in [2.05, 4.69) is 15.9 Å². The molecule has 2 N–H and O–H groups in total. The van der Waals surface area contributed by atoms with Crippen molar-refractivity contribution in [2.75, 3.05) is 12.8 Å². The molecule has 0 aliphatic rings. The predicted molar refractivity (Wildman–Crippen MR) is 79.7 cm³/mol. The van der Waals surface area contributed by atoms with Crippen molar-refractivity contribution in [1.29, 1.82) is 0 Å². The fourth-order valence-corrected chi connectivity index (χ4v) is 2.41. The van der Waals surface area contributed by atoms with Crippen molar-refractivity contribution in [3.63, 3.8) is 0 Å². The lowest BCUT2D eigenvalue weighted by molar-refractivity contribution is 0.103. The molecule has 0 aromatic heterocycles. The van der Waals surface area contributed by atoms with Gasteiger partial charge < -0.3 is 10.5 Å². The Bertz CT molecular complexity index is 638. The van der Waals surface area contributed by atoms with Crippen molar-refractivity contribution >= 4 is 27.4 Å². The lowest BCUT2D eigenvalue weighted by Crippen LogP contribution is -2.03. The van der Waals surface area contributed by atoms with Crippen LogP contribution in [0.2, 0.25) is 0 Å². The van der Waals surface area contributed by atoms with E-state index in [0.29, 0.717) is 27.0 Å². The normalized spacial score (nSPS) is 10.3. The largest absolute Gasteiger partial charge is 0.496 e. The first-order chi connectivity index (χ1) is 9.02. The monoisotopic (exact) mass is 319 g/mol. The van der Waals surface area contributed by atoms with Gasteiger partial charge in [0.05, 0.1) is 7.11 Å². The molecule has 0 atom stereocenters. The number of aryl methyl sites for hydroxylation is 1. The van der Waals surface area contributed by atoms with E-state index in [1.54, 1.807) is 37.4 Å². The molecule has 98 valence electrons. The highest BCUT2D eigenvalue weighted by atomic mass is 79.9. The van der Waals surface area contributed by atoms with Crippen LogP contribution in [-0.2, 0) is 0 Å². The van der Waals surface area contributed by atoms with Crippen molar-refractivity contribution in [3.05, 3.63) is 57.6 Å². The second kappa shape index (κ2) is 5.45. The average Bonchev–Trinajstić information content (AvgIpc) is 2.38. The summed E-state index contributed by atoms with van der Waals surface area (Å²) in [5.41, 5.74) is 8.46. The summed E-state index contributed by atoms with van der Waals surface area (Å²) in [6, 6.07) is 10.6. The SMILES string of the molecule is COc1cc(C(=O)c2ccc(N)cc2Br)ccc1C. The molecule has 0 unspecified atom stereocenters. The molecule has 0 saturated heterocycles. The Morgan fingerprint density at radius 3 is 2.58 bits per heavy atom. The molecule has 0 amide bonds. The van der Waals surface area contributed by atoms with Crippen LogP contribution in [0.4, 0.5) is 5.69 Å². The summed E-state index contributed by atoms with van der Waals surface area (Å²) in [5.74, 6) is 0.641. The fraction of sp³-hybridized carbons (Fsp3) is 0.133. The fourth-order valence-electron chi connectivity index (χ4n) is 1.83. The number of carbonyl (C=O) groups is 1. The highest BCUT2D eigenvalue weighted by molar-refractivity contribution is 9.10. The second-order valence-electron chi connectivity index (χ2n) is 4.25. The van der Waals surface area contributed by atoms with Crippen LogP contribution in [0.15, 0.2) is 40.9 Å². The Morgan fingerprint density at radius 1 is 1.21 bits per heavy atom. The van der Waals surface area contributed by atoms with Crippen LogP contribution in [0.25, 0.3) is 0 Å². The summed E-state index contributed by atoms with van der Waals surface area (Å²) in [4.78, 5) is 12.4. The third-order valence-corrected chi connectivity index (χ3v) is 3.56. The van der Waals surface area contributed by atoms with Crippen molar-refractivity contribution in [3.8, 4) is 5.75 Å². The third kappa shape index (κ3) is 2.79. The topological polar surface area (TPSA) is 52.3 Å². The van der Waals surface area contributed by atoms with Gasteiger partial charge in [0.15, 0.2) is 5.78 Å². The Hall–Kier alpha value is -1.81. The van der Waals surface area contributed by atoms with Crippen molar-refractivity contribution in [1.82, 2.24) is 0 Å². The minimum atomic E-state index is -0.0647. The Morgan fingerprint density at radius 2 is 1.95 bits per heavy atom. The van der Waals surface area contributed by atoms with Gasteiger partial charge in [0.25, 0.3) is 0 Å². The van der Waals surface area contributed by atoms with Crippen LogP contribution < -0.4 is 10.5 Å². The highest BCUT2D eigenvalue weighted by Crippen LogP contribution is 2.25. The molecule has 0 spiro atoms. The number of ketones is 1. The lowest BCUT2D eigenvalue weighted by Gasteiger charge is -2.08. The standard InChI is InChI=1S/C15H14BrNO2/c1-9-3-4-10(7-14(9)19-2)15(18)12-6-5-11(17)8-13(12)16/h3-8H,17H2,1-2H3. The van der Waals surface area contributed by atoms with Crippen molar-refractivity contribution < 1.29 is 9.53 Å². The van der Waals surface area contributed by atoms with E-state index in [-0.39, 0.29) is 5.78 Å². The van der Waals surface area contributed by atoms with E-state index in [1.165, 1.54) is 0 Å². The maximum Gasteiger partial charge on any atom is 0.194 e. The molecule has 0 saturated carbocycles. The lowest BCUT2D eigenvalue weighted by atomic mass is 10.0.